The van der Waals surface area contributed by atoms with E-state index in [1.165, 1.54) is 19.3 Å². The number of ether oxygens (including phenoxy) is 2. The number of aliphatic hydroxyl groups is 2. The molecule has 1 spiro atoms. The number of aliphatic hydroxyl groups excluding tert-OH is 2. The predicted octanol–water partition coefficient (Wildman–Crippen LogP) is 4.76. The molecule has 2 saturated heterocycles. The zero-order valence-corrected chi connectivity index (χ0v) is 20.1. The molecule has 2 heterocycles. The summed E-state index contributed by atoms with van der Waals surface area (Å²) in [6.45, 7) is 10.6. The number of hydrogen-bond acceptors (Lipinski definition) is 4. The van der Waals surface area contributed by atoms with Crippen LogP contribution in [0.5, 0.6) is 0 Å². The average Bonchev–Trinajstić information content (AvgIpc) is 3.17. The highest BCUT2D eigenvalue weighted by Crippen LogP contribution is 2.71. The van der Waals surface area contributed by atoms with Crippen LogP contribution in [0.2, 0.25) is 0 Å². The van der Waals surface area contributed by atoms with Crippen LogP contribution in [0.4, 0.5) is 0 Å². The van der Waals surface area contributed by atoms with Crippen LogP contribution in [0.1, 0.15) is 85.5 Å². The molecule has 4 saturated carbocycles. The molecule has 6 aliphatic rings. The first-order valence-corrected chi connectivity index (χ1v) is 13.4. The lowest BCUT2D eigenvalue weighted by atomic mass is 9.43. The second-order valence-corrected chi connectivity index (χ2v) is 13.2. The summed E-state index contributed by atoms with van der Waals surface area (Å²) in [7, 11) is 0. The molecule has 4 nitrogen and oxygen atoms in total. The maximum Gasteiger partial charge on any atom is 0.171 e. The van der Waals surface area contributed by atoms with E-state index in [4.69, 9.17) is 9.47 Å². The van der Waals surface area contributed by atoms with E-state index in [0.29, 0.717) is 47.0 Å². The molecule has 0 aromatic carbocycles. The van der Waals surface area contributed by atoms with Crippen LogP contribution < -0.4 is 0 Å². The van der Waals surface area contributed by atoms with E-state index in [2.05, 4.69) is 27.7 Å². The van der Waals surface area contributed by atoms with E-state index in [1.54, 1.807) is 0 Å². The lowest BCUT2D eigenvalue weighted by Gasteiger charge is -2.62. The fourth-order valence-electron chi connectivity index (χ4n) is 10.3. The van der Waals surface area contributed by atoms with Crippen LogP contribution in [-0.2, 0) is 9.47 Å². The summed E-state index contributed by atoms with van der Waals surface area (Å²) in [6, 6.07) is 0. The molecule has 6 rings (SSSR count). The third kappa shape index (κ3) is 2.80. The van der Waals surface area contributed by atoms with Crippen LogP contribution in [-0.4, -0.2) is 40.9 Å². The molecule has 176 valence electrons. The van der Waals surface area contributed by atoms with Crippen molar-refractivity contribution in [2.24, 2.45) is 52.3 Å². The van der Waals surface area contributed by atoms with Crippen molar-refractivity contribution in [1.82, 2.24) is 0 Å². The van der Waals surface area contributed by atoms with Gasteiger partial charge in [-0.05, 0) is 97.7 Å². The fourth-order valence-corrected chi connectivity index (χ4v) is 10.3. The van der Waals surface area contributed by atoms with E-state index in [0.717, 1.165) is 45.1 Å². The first kappa shape index (κ1) is 21.4. The molecular formula is C27H44O4. The summed E-state index contributed by atoms with van der Waals surface area (Å²) in [5, 5.41) is 21.5. The standard InChI is InChI=1S/C27H44O4/c1-15-5-10-27(30-14-15)16(2)24-23(31-27)13-20-18-12-22(29)21-11-17(28)6-8-25(21,3)19(18)7-9-26(20,24)4/h15-24,28-29H,5-14H2,1-4H3/t15-,16-,17-,18+,19+,20-,21+,22+,23-,24-,25+,26-,27+/m0/s1. The van der Waals surface area contributed by atoms with Gasteiger partial charge in [0.05, 0.1) is 24.9 Å². The highest BCUT2D eigenvalue weighted by molar-refractivity contribution is 5.16. The topological polar surface area (TPSA) is 58.9 Å². The molecule has 0 radical (unpaired) electrons. The van der Waals surface area contributed by atoms with Crippen molar-refractivity contribution in [3.63, 3.8) is 0 Å². The van der Waals surface area contributed by atoms with Crippen LogP contribution in [0.15, 0.2) is 0 Å². The smallest absolute Gasteiger partial charge is 0.171 e. The summed E-state index contributed by atoms with van der Waals surface area (Å²) in [5.74, 6) is 3.58. The van der Waals surface area contributed by atoms with Gasteiger partial charge >= 0.3 is 0 Å². The highest BCUT2D eigenvalue weighted by atomic mass is 16.7. The van der Waals surface area contributed by atoms with Gasteiger partial charge in [0.2, 0.25) is 0 Å². The summed E-state index contributed by atoms with van der Waals surface area (Å²) >= 11 is 0. The zero-order chi connectivity index (χ0) is 21.8. The molecule has 0 amide bonds. The van der Waals surface area contributed by atoms with Crippen LogP contribution in [0.3, 0.4) is 0 Å². The lowest BCUT2D eigenvalue weighted by Crippen LogP contribution is -2.58. The van der Waals surface area contributed by atoms with Crippen LogP contribution in [0, 0.1) is 52.3 Å². The van der Waals surface area contributed by atoms with Crippen molar-refractivity contribution in [2.75, 3.05) is 6.61 Å². The van der Waals surface area contributed by atoms with E-state index in [1.807, 2.05) is 0 Å². The molecule has 0 unspecified atom stereocenters. The molecule has 2 aliphatic heterocycles. The van der Waals surface area contributed by atoms with E-state index in [-0.39, 0.29) is 29.3 Å². The number of hydrogen-bond donors (Lipinski definition) is 2. The SMILES string of the molecule is C[C@H]1CC[C@@]2(OC1)O[C@H]1C[C@H]3[C@@H]4C[C@@H](O)[C@H]5C[C@@H](O)CC[C@]5(C)[C@@H]4CC[C@]3(C)[C@H]1[C@@H]2C. The second kappa shape index (κ2) is 6.93. The van der Waals surface area contributed by atoms with Crippen molar-refractivity contribution in [3.8, 4) is 0 Å². The van der Waals surface area contributed by atoms with Gasteiger partial charge in [0, 0.05) is 12.3 Å². The Morgan fingerprint density at radius 1 is 0.806 bits per heavy atom. The zero-order valence-electron chi connectivity index (χ0n) is 20.1. The van der Waals surface area contributed by atoms with Gasteiger partial charge in [0.1, 0.15) is 0 Å². The van der Waals surface area contributed by atoms with Gasteiger partial charge in [-0.2, -0.15) is 0 Å². The third-order valence-corrected chi connectivity index (χ3v) is 11.9. The first-order valence-electron chi connectivity index (χ1n) is 13.4. The average molecular weight is 433 g/mol. The molecule has 31 heavy (non-hydrogen) atoms. The Morgan fingerprint density at radius 2 is 1.58 bits per heavy atom. The summed E-state index contributed by atoms with van der Waals surface area (Å²) in [5.41, 5.74) is 0.495. The molecule has 0 aromatic rings. The Balaban J connectivity index is 1.28. The lowest BCUT2D eigenvalue weighted by molar-refractivity contribution is -0.273. The molecule has 0 bridgehead atoms. The number of fused-ring (bicyclic) bond motifs is 7. The molecule has 6 fully saturated rings. The quantitative estimate of drug-likeness (QED) is 0.579. The Kier molecular flexibility index (Phi) is 4.78. The molecular weight excluding hydrogens is 388 g/mol. The Bertz CT molecular complexity index is 716. The number of rotatable bonds is 0. The van der Waals surface area contributed by atoms with Crippen LogP contribution in [0.25, 0.3) is 0 Å². The van der Waals surface area contributed by atoms with Gasteiger partial charge in [0.25, 0.3) is 0 Å². The van der Waals surface area contributed by atoms with Crippen molar-refractivity contribution in [1.29, 1.82) is 0 Å². The minimum atomic E-state index is -0.338. The van der Waals surface area contributed by atoms with Gasteiger partial charge in [-0.25, -0.2) is 0 Å². The maximum absolute atomic E-state index is 11.2. The van der Waals surface area contributed by atoms with Crippen molar-refractivity contribution < 1.29 is 19.7 Å². The molecule has 4 heteroatoms. The maximum atomic E-state index is 11.2. The molecule has 2 N–H and O–H groups in total. The van der Waals surface area contributed by atoms with Gasteiger partial charge in [0.15, 0.2) is 5.79 Å². The highest BCUT2D eigenvalue weighted by Gasteiger charge is 2.69. The van der Waals surface area contributed by atoms with Gasteiger partial charge in [-0.1, -0.05) is 27.7 Å². The van der Waals surface area contributed by atoms with Crippen LogP contribution >= 0.6 is 0 Å². The summed E-state index contributed by atoms with van der Waals surface area (Å²) in [6.07, 6.45) is 9.58. The van der Waals surface area contributed by atoms with Crippen molar-refractivity contribution in [2.45, 2.75) is 110 Å². The Hall–Kier alpha value is -0.160. The third-order valence-electron chi connectivity index (χ3n) is 11.9. The van der Waals surface area contributed by atoms with Crippen molar-refractivity contribution in [3.05, 3.63) is 0 Å². The Morgan fingerprint density at radius 3 is 2.32 bits per heavy atom. The predicted molar refractivity (Wildman–Crippen MR) is 119 cm³/mol. The largest absolute Gasteiger partial charge is 0.393 e. The van der Waals surface area contributed by atoms with Gasteiger partial charge in [-0.3, -0.25) is 0 Å². The van der Waals surface area contributed by atoms with Crippen molar-refractivity contribution >= 4 is 0 Å². The summed E-state index contributed by atoms with van der Waals surface area (Å²) < 4.78 is 13.3. The Labute approximate surface area is 188 Å². The van der Waals surface area contributed by atoms with E-state index >= 15 is 0 Å². The van der Waals surface area contributed by atoms with Gasteiger partial charge in [-0.15, -0.1) is 0 Å². The molecule has 13 atom stereocenters. The monoisotopic (exact) mass is 432 g/mol. The minimum absolute atomic E-state index is 0.191. The first-order chi connectivity index (χ1) is 14.7. The normalized spacial score (nSPS) is 63.3. The second-order valence-electron chi connectivity index (χ2n) is 13.2. The van der Waals surface area contributed by atoms with E-state index in [9.17, 15) is 10.2 Å². The fraction of sp³-hybridized carbons (Fsp3) is 1.00. The molecule has 0 aromatic heterocycles. The van der Waals surface area contributed by atoms with E-state index < -0.39 is 0 Å². The summed E-state index contributed by atoms with van der Waals surface area (Å²) in [4.78, 5) is 0. The van der Waals surface area contributed by atoms with Gasteiger partial charge < -0.3 is 19.7 Å². The molecule has 4 aliphatic carbocycles. The minimum Gasteiger partial charge on any atom is -0.393 e.